The molecule has 0 heterocycles. The largest absolute Gasteiger partial charge is 0.497 e. The number of carbonyl (C=O) groups excluding carboxylic acids is 4. The number of nitrogens with zero attached hydrogens (tertiary/aromatic N) is 1. The first-order chi connectivity index (χ1) is 17.2. The SMILES string of the molecule is CCCCOC(=O)c1cccc(NC(=O)CCC(=O)OCC(=O)Nc2cc(OC)ccc2[N+](=O)[O-])c1. The minimum absolute atomic E-state index is 0.115. The molecule has 12 heteroatoms. The Hall–Kier alpha value is -4.48. The summed E-state index contributed by atoms with van der Waals surface area (Å²) in [5.41, 5.74) is 0.171. The van der Waals surface area contributed by atoms with Crippen LogP contribution in [-0.2, 0) is 23.9 Å². The molecule has 12 nitrogen and oxygen atoms in total. The van der Waals surface area contributed by atoms with Crippen LogP contribution >= 0.6 is 0 Å². The van der Waals surface area contributed by atoms with Crippen LogP contribution in [0.2, 0.25) is 0 Å². The Morgan fingerprint density at radius 1 is 0.972 bits per heavy atom. The Morgan fingerprint density at radius 3 is 2.44 bits per heavy atom. The van der Waals surface area contributed by atoms with E-state index >= 15 is 0 Å². The van der Waals surface area contributed by atoms with Crippen LogP contribution in [0, 0.1) is 10.1 Å². The first-order valence-electron chi connectivity index (χ1n) is 11.1. The van der Waals surface area contributed by atoms with Crippen LogP contribution in [0.25, 0.3) is 0 Å². The van der Waals surface area contributed by atoms with Crippen LogP contribution in [0.5, 0.6) is 5.75 Å². The molecule has 2 amide bonds. The molecule has 0 spiro atoms. The fourth-order valence-corrected chi connectivity index (χ4v) is 2.86. The van der Waals surface area contributed by atoms with Gasteiger partial charge in [0.15, 0.2) is 6.61 Å². The number of carbonyl (C=O) groups is 4. The fourth-order valence-electron chi connectivity index (χ4n) is 2.86. The third-order valence-corrected chi connectivity index (χ3v) is 4.71. The number of hydrogen-bond acceptors (Lipinski definition) is 9. The number of rotatable bonds is 13. The van der Waals surface area contributed by atoms with E-state index < -0.39 is 35.3 Å². The molecule has 0 aliphatic heterocycles. The van der Waals surface area contributed by atoms with Crippen molar-refractivity contribution < 1.29 is 38.3 Å². The van der Waals surface area contributed by atoms with Gasteiger partial charge in [0.1, 0.15) is 11.4 Å². The van der Waals surface area contributed by atoms with E-state index in [2.05, 4.69) is 10.6 Å². The van der Waals surface area contributed by atoms with Gasteiger partial charge < -0.3 is 24.8 Å². The van der Waals surface area contributed by atoms with Crippen molar-refractivity contribution >= 4 is 40.8 Å². The average molecular weight is 501 g/mol. The first kappa shape index (κ1) is 27.8. The topological polar surface area (TPSA) is 163 Å². The van der Waals surface area contributed by atoms with Crippen molar-refractivity contribution in [1.29, 1.82) is 0 Å². The number of unbranched alkanes of at least 4 members (excludes halogenated alkanes) is 1. The number of anilines is 2. The lowest BCUT2D eigenvalue weighted by molar-refractivity contribution is -0.383. The Morgan fingerprint density at radius 2 is 1.75 bits per heavy atom. The van der Waals surface area contributed by atoms with Gasteiger partial charge in [0.25, 0.3) is 11.6 Å². The smallest absolute Gasteiger partial charge is 0.338 e. The molecule has 192 valence electrons. The third-order valence-electron chi connectivity index (χ3n) is 4.71. The minimum atomic E-state index is -0.811. The summed E-state index contributed by atoms with van der Waals surface area (Å²) >= 11 is 0. The van der Waals surface area contributed by atoms with Crippen LogP contribution in [0.3, 0.4) is 0 Å². The molecule has 2 aromatic rings. The summed E-state index contributed by atoms with van der Waals surface area (Å²) in [5.74, 6) is -2.32. The molecule has 0 fully saturated rings. The molecule has 0 saturated carbocycles. The van der Waals surface area contributed by atoms with E-state index in [1.54, 1.807) is 18.2 Å². The maximum atomic E-state index is 12.2. The number of esters is 2. The molecule has 2 N–H and O–H groups in total. The van der Waals surface area contributed by atoms with Crippen molar-refractivity contribution in [3.8, 4) is 5.75 Å². The number of nitro groups is 1. The number of benzene rings is 2. The van der Waals surface area contributed by atoms with Gasteiger partial charge in [0.05, 0.1) is 30.6 Å². The van der Waals surface area contributed by atoms with Crippen molar-refractivity contribution in [3.63, 3.8) is 0 Å². The molecule has 0 aliphatic carbocycles. The molecule has 0 saturated heterocycles. The highest BCUT2D eigenvalue weighted by Crippen LogP contribution is 2.28. The maximum absolute atomic E-state index is 12.2. The molecule has 0 aromatic heterocycles. The highest BCUT2D eigenvalue weighted by Gasteiger charge is 2.18. The second-order valence-electron chi connectivity index (χ2n) is 7.47. The summed E-state index contributed by atoms with van der Waals surface area (Å²) in [6, 6.07) is 10.0. The first-order valence-corrected chi connectivity index (χ1v) is 11.1. The summed E-state index contributed by atoms with van der Waals surface area (Å²) in [6.07, 6.45) is 1.10. The van der Waals surface area contributed by atoms with Gasteiger partial charge >= 0.3 is 11.9 Å². The zero-order chi connectivity index (χ0) is 26.5. The quantitative estimate of drug-likeness (QED) is 0.181. The normalized spacial score (nSPS) is 10.2. The number of amides is 2. The Balaban J connectivity index is 1.79. The van der Waals surface area contributed by atoms with Crippen LogP contribution in [0.4, 0.5) is 17.1 Å². The van der Waals surface area contributed by atoms with Crippen molar-refractivity contribution in [2.24, 2.45) is 0 Å². The Bertz CT molecular complexity index is 1120. The predicted molar refractivity (Wildman–Crippen MR) is 129 cm³/mol. The van der Waals surface area contributed by atoms with Gasteiger partial charge in [0.2, 0.25) is 5.91 Å². The van der Waals surface area contributed by atoms with E-state index in [9.17, 15) is 29.3 Å². The second-order valence-corrected chi connectivity index (χ2v) is 7.47. The fraction of sp³-hybridized carbons (Fsp3) is 0.333. The summed E-state index contributed by atoms with van der Waals surface area (Å²) in [5, 5.41) is 16.0. The molecule has 2 rings (SSSR count). The van der Waals surface area contributed by atoms with E-state index in [0.717, 1.165) is 12.8 Å². The summed E-state index contributed by atoms with van der Waals surface area (Å²) in [4.78, 5) is 58.6. The Kier molecular flexibility index (Phi) is 10.8. The van der Waals surface area contributed by atoms with Gasteiger partial charge in [-0.1, -0.05) is 19.4 Å². The number of ether oxygens (including phenoxy) is 3. The average Bonchev–Trinajstić information content (AvgIpc) is 2.86. The van der Waals surface area contributed by atoms with Gasteiger partial charge in [-0.25, -0.2) is 4.79 Å². The zero-order valence-corrected chi connectivity index (χ0v) is 19.9. The van der Waals surface area contributed by atoms with Crippen LogP contribution < -0.4 is 15.4 Å². The van der Waals surface area contributed by atoms with Gasteiger partial charge in [-0.15, -0.1) is 0 Å². The van der Waals surface area contributed by atoms with E-state index in [1.807, 2.05) is 6.92 Å². The summed E-state index contributed by atoms with van der Waals surface area (Å²) in [6.45, 7) is 1.59. The van der Waals surface area contributed by atoms with Crippen LogP contribution in [-0.4, -0.2) is 49.0 Å². The zero-order valence-electron chi connectivity index (χ0n) is 19.9. The van der Waals surface area contributed by atoms with Crippen molar-refractivity contribution in [2.75, 3.05) is 31.0 Å². The molecule has 0 atom stereocenters. The van der Waals surface area contributed by atoms with Crippen LogP contribution in [0.15, 0.2) is 42.5 Å². The number of nitrogens with one attached hydrogen (secondary N) is 2. The van der Waals surface area contributed by atoms with Gasteiger partial charge in [-0.05, 0) is 30.7 Å². The minimum Gasteiger partial charge on any atom is -0.497 e. The lowest BCUT2D eigenvalue weighted by Crippen LogP contribution is -2.22. The lowest BCUT2D eigenvalue weighted by Gasteiger charge is -2.09. The van der Waals surface area contributed by atoms with Gasteiger partial charge in [0, 0.05) is 24.2 Å². The molecule has 0 bridgehead atoms. The maximum Gasteiger partial charge on any atom is 0.338 e. The monoisotopic (exact) mass is 501 g/mol. The van der Waals surface area contributed by atoms with Gasteiger partial charge in [-0.2, -0.15) is 0 Å². The van der Waals surface area contributed by atoms with E-state index in [4.69, 9.17) is 14.2 Å². The van der Waals surface area contributed by atoms with Crippen molar-refractivity contribution in [1.82, 2.24) is 0 Å². The van der Waals surface area contributed by atoms with Crippen molar-refractivity contribution in [3.05, 3.63) is 58.1 Å². The Labute approximate surface area is 207 Å². The lowest BCUT2D eigenvalue weighted by atomic mass is 10.2. The molecular formula is C24H27N3O9. The standard InChI is InChI=1S/C24H27N3O9/c1-3-4-12-35-24(31)16-6-5-7-17(13-16)25-21(28)10-11-23(30)36-15-22(29)26-19-14-18(34-2)8-9-20(19)27(32)33/h5-9,13-14H,3-4,10-12,15H2,1-2H3,(H,25,28)(H,26,29). The van der Waals surface area contributed by atoms with Gasteiger partial charge in [-0.3, -0.25) is 24.5 Å². The van der Waals surface area contributed by atoms with Crippen LogP contribution in [0.1, 0.15) is 43.0 Å². The summed E-state index contributed by atoms with van der Waals surface area (Å²) in [7, 11) is 1.37. The molecule has 2 aromatic carbocycles. The second kappa shape index (κ2) is 14.0. The van der Waals surface area contributed by atoms with Crippen molar-refractivity contribution in [2.45, 2.75) is 32.6 Å². The summed E-state index contributed by atoms with van der Waals surface area (Å²) < 4.78 is 15.0. The van der Waals surface area contributed by atoms with E-state index in [0.29, 0.717) is 12.3 Å². The molecular weight excluding hydrogens is 474 g/mol. The molecule has 0 aliphatic rings. The number of nitro benzene ring substituents is 1. The molecule has 0 radical (unpaired) electrons. The van der Waals surface area contributed by atoms with E-state index in [1.165, 1.54) is 31.4 Å². The van der Waals surface area contributed by atoms with E-state index in [-0.39, 0.29) is 35.5 Å². The molecule has 0 unspecified atom stereocenters. The third kappa shape index (κ3) is 9.05. The molecule has 36 heavy (non-hydrogen) atoms. The predicted octanol–water partition coefficient (Wildman–Crippen LogP) is 3.46. The number of methoxy groups -OCH3 is 1. The highest BCUT2D eigenvalue weighted by molar-refractivity contribution is 5.97. The highest BCUT2D eigenvalue weighted by atomic mass is 16.6. The number of hydrogen-bond donors (Lipinski definition) is 2.